The third-order valence-corrected chi connectivity index (χ3v) is 4.64. The van der Waals surface area contributed by atoms with Crippen molar-refractivity contribution in [1.29, 1.82) is 0 Å². The fourth-order valence-electron chi connectivity index (χ4n) is 1.79. The van der Waals surface area contributed by atoms with Crippen LogP contribution in [0, 0.1) is 0 Å². The van der Waals surface area contributed by atoms with Crippen molar-refractivity contribution in [1.82, 2.24) is 0 Å². The molecule has 0 aromatic carbocycles. The Morgan fingerprint density at radius 3 is 1.25 bits per heavy atom. The molecule has 5 heteroatoms. The summed E-state index contributed by atoms with van der Waals surface area (Å²) in [5.41, 5.74) is -0.747. The lowest BCUT2D eigenvalue weighted by Gasteiger charge is -2.45. The lowest BCUT2D eigenvalue weighted by molar-refractivity contribution is -0.368. The number of hydrogen-bond acceptors (Lipinski definition) is 4. The van der Waals surface area contributed by atoms with E-state index in [-0.39, 0.29) is 0 Å². The van der Waals surface area contributed by atoms with Gasteiger partial charge in [0.1, 0.15) is 0 Å². The van der Waals surface area contributed by atoms with Crippen molar-refractivity contribution >= 4 is 10.2 Å². The molecule has 0 unspecified atom stereocenters. The van der Waals surface area contributed by atoms with Crippen LogP contribution in [0.25, 0.3) is 0 Å². The monoisotopic (exact) mass is 306 g/mol. The van der Waals surface area contributed by atoms with Gasteiger partial charge in [-0.3, -0.25) is 0 Å². The maximum absolute atomic E-state index is 6.03. The van der Waals surface area contributed by atoms with Crippen LogP contribution < -0.4 is 0 Å². The Bertz CT molecular complexity index is 196. The minimum absolute atomic E-state index is 0.648. The van der Waals surface area contributed by atoms with E-state index in [0.29, 0.717) is 36.7 Å². The van der Waals surface area contributed by atoms with E-state index in [1.807, 2.05) is 6.92 Å². The molecule has 0 atom stereocenters. The highest BCUT2D eigenvalue weighted by atomic mass is 28.1. The van der Waals surface area contributed by atoms with Gasteiger partial charge in [0.05, 0.1) is 10.2 Å². The summed E-state index contributed by atoms with van der Waals surface area (Å²) >= 11 is 0. The molecule has 0 N–H and O–H groups in total. The van der Waals surface area contributed by atoms with Crippen molar-refractivity contribution in [2.45, 2.75) is 71.5 Å². The summed E-state index contributed by atoms with van der Waals surface area (Å²) in [4.78, 5) is 0. The maximum atomic E-state index is 6.03. The summed E-state index contributed by atoms with van der Waals surface area (Å²) in [5.74, 6) is -0.824. The van der Waals surface area contributed by atoms with Gasteiger partial charge in [0.2, 0.25) is 5.79 Å². The molecule has 0 aromatic rings. The zero-order valence-corrected chi connectivity index (χ0v) is 16.3. The quantitative estimate of drug-likeness (QED) is 0.387. The van der Waals surface area contributed by atoms with Gasteiger partial charge in [-0.05, 0) is 32.6 Å². The second-order valence-electron chi connectivity index (χ2n) is 5.29. The molecular formula is C15H34O4Si. The molecule has 122 valence electrons. The van der Waals surface area contributed by atoms with Gasteiger partial charge in [0.25, 0.3) is 0 Å². The zero-order chi connectivity index (χ0) is 15.5. The lowest BCUT2D eigenvalue weighted by atomic mass is 10.2. The largest absolute Gasteiger partial charge is 0.349 e. The predicted octanol–water partition coefficient (Wildman–Crippen LogP) is 2.43. The summed E-state index contributed by atoms with van der Waals surface area (Å²) in [7, 11) is 0.694. The zero-order valence-electron chi connectivity index (χ0n) is 14.3. The molecule has 0 aliphatic rings. The summed E-state index contributed by atoms with van der Waals surface area (Å²) in [6, 6.07) is 0. The minimum atomic E-state index is -0.824. The SMILES string of the molecule is CCCOC(C)(OCCC)C([SiH3])(OCCC)OCCC. The molecule has 0 saturated heterocycles. The molecule has 0 heterocycles. The van der Waals surface area contributed by atoms with Crippen molar-refractivity contribution < 1.29 is 18.9 Å². The molecule has 0 rings (SSSR count). The molecular weight excluding hydrogens is 272 g/mol. The molecule has 0 radical (unpaired) electrons. The van der Waals surface area contributed by atoms with Gasteiger partial charge < -0.3 is 18.9 Å². The normalized spacial score (nSPS) is 13.1. The van der Waals surface area contributed by atoms with Gasteiger partial charge in [-0.1, -0.05) is 27.7 Å². The molecule has 0 bridgehead atoms. The molecule has 0 amide bonds. The first kappa shape index (κ1) is 20.1. The van der Waals surface area contributed by atoms with Crippen molar-refractivity contribution in [3.05, 3.63) is 0 Å². The highest BCUT2D eigenvalue weighted by Crippen LogP contribution is 2.31. The number of hydrogen-bond donors (Lipinski definition) is 0. The second kappa shape index (κ2) is 10.7. The molecule has 0 spiro atoms. The first-order chi connectivity index (χ1) is 9.49. The average molecular weight is 307 g/mol. The second-order valence-corrected chi connectivity index (χ2v) is 6.60. The summed E-state index contributed by atoms with van der Waals surface area (Å²) < 4.78 is 24.1. The lowest BCUT2D eigenvalue weighted by Crippen LogP contribution is -2.60. The van der Waals surface area contributed by atoms with Crippen LogP contribution in [0.15, 0.2) is 0 Å². The Hall–Kier alpha value is 0.0569. The number of ether oxygens (including phenoxy) is 4. The highest BCUT2D eigenvalue weighted by molar-refractivity contribution is 6.14. The van der Waals surface area contributed by atoms with Gasteiger partial charge in [-0.15, -0.1) is 0 Å². The summed E-state index contributed by atoms with van der Waals surface area (Å²) in [6.07, 6.45) is 3.81. The van der Waals surface area contributed by atoms with E-state index < -0.39 is 11.2 Å². The molecule has 0 saturated carbocycles. The average Bonchev–Trinajstić information content (AvgIpc) is 2.46. The van der Waals surface area contributed by atoms with Crippen molar-refractivity contribution in [3.63, 3.8) is 0 Å². The smallest absolute Gasteiger partial charge is 0.215 e. The Kier molecular flexibility index (Phi) is 10.8. The molecule has 0 fully saturated rings. The summed E-state index contributed by atoms with van der Waals surface area (Å²) in [5, 5.41) is 0. The van der Waals surface area contributed by atoms with Gasteiger partial charge in [-0.25, -0.2) is 0 Å². The van der Waals surface area contributed by atoms with Crippen molar-refractivity contribution in [2.75, 3.05) is 26.4 Å². The maximum Gasteiger partial charge on any atom is 0.215 e. The molecule has 0 aliphatic carbocycles. The van der Waals surface area contributed by atoms with Crippen LogP contribution in [0.5, 0.6) is 0 Å². The Morgan fingerprint density at radius 1 is 0.650 bits per heavy atom. The molecule has 20 heavy (non-hydrogen) atoms. The topological polar surface area (TPSA) is 36.9 Å². The molecule has 4 nitrogen and oxygen atoms in total. The van der Waals surface area contributed by atoms with Crippen LogP contribution in [0.2, 0.25) is 0 Å². The van der Waals surface area contributed by atoms with Gasteiger partial charge in [0.15, 0.2) is 5.41 Å². The third-order valence-electron chi connectivity index (χ3n) is 3.15. The van der Waals surface area contributed by atoms with E-state index >= 15 is 0 Å². The standard InChI is InChI=1S/C15H34O4Si/c1-6-10-16-14(5,17-11-7-2)15(20,18-12-8-3)19-13-9-4/h6-13H2,1-5,20H3. The van der Waals surface area contributed by atoms with E-state index in [4.69, 9.17) is 18.9 Å². The predicted molar refractivity (Wildman–Crippen MR) is 86.0 cm³/mol. The first-order valence-corrected chi connectivity index (χ1v) is 9.05. The van der Waals surface area contributed by atoms with Crippen LogP contribution in [0.1, 0.15) is 60.3 Å². The van der Waals surface area contributed by atoms with Crippen LogP contribution in [-0.2, 0) is 18.9 Å². The Balaban J connectivity index is 5.02. The molecule has 0 aromatic heterocycles. The minimum Gasteiger partial charge on any atom is -0.349 e. The Labute approximate surface area is 127 Å². The van der Waals surface area contributed by atoms with Crippen LogP contribution in [-0.4, -0.2) is 47.9 Å². The van der Waals surface area contributed by atoms with E-state index in [2.05, 4.69) is 27.7 Å². The summed E-state index contributed by atoms with van der Waals surface area (Å²) in [6.45, 7) is 12.9. The Morgan fingerprint density at radius 2 is 0.950 bits per heavy atom. The van der Waals surface area contributed by atoms with E-state index in [1.165, 1.54) is 0 Å². The van der Waals surface area contributed by atoms with E-state index in [9.17, 15) is 0 Å². The number of rotatable bonds is 13. The van der Waals surface area contributed by atoms with Crippen LogP contribution in [0.3, 0.4) is 0 Å². The van der Waals surface area contributed by atoms with Crippen molar-refractivity contribution in [3.8, 4) is 0 Å². The van der Waals surface area contributed by atoms with Crippen LogP contribution in [0.4, 0.5) is 0 Å². The third kappa shape index (κ3) is 6.22. The van der Waals surface area contributed by atoms with E-state index in [1.54, 1.807) is 0 Å². The fraction of sp³-hybridized carbons (Fsp3) is 1.00. The first-order valence-electron chi connectivity index (χ1n) is 8.05. The van der Waals surface area contributed by atoms with Gasteiger partial charge in [0, 0.05) is 26.4 Å². The van der Waals surface area contributed by atoms with E-state index in [0.717, 1.165) is 25.7 Å². The van der Waals surface area contributed by atoms with Crippen LogP contribution >= 0.6 is 0 Å². The van der Waals surface area contributed by atoms with Gasteiger partial charge >= 0.3 is 0 Å². The molecule has 0 aliphatic heterocycles. The van der Waals surface area contributed by atoms with Crippen molar-refractivity contribution in [2.24, 2.45) is 0 Å². The highest BCUT2D eigenvalue weighted by Gasteiger charge is 2.49. The van der Waals surface area contributed by atoms with Gasteiger partial charge in [-0.2, -0.15) is 0 Å². The fourth-order valence-corrected chi connectivity index (χ4v) is 2.49.